The molecular formula is C17H17BrO. The van der Waals surface area contributed by atoms with Crippen molar-refractivity contribution in [1.29, 1.82) is 0 Å². The quantitative estimate of drug-likeness (QED) is 0.655. The van der Waals surface area contributed by atoms with Gasteiger partial charge in [-0.25, -0.2) is 0 Å². The van der Waals surface area contributed by atoms with Crippen LogP contribution in [0.5, 0.6) is 11.5 Å². The fourth-order valence-corrected chi connectivity index (χ4v) is 3.96. The van der Waals surface area contributed by atoms with E-state index in [1.54, 1.807) is 0 Å². The predicted molar refractivity (Wildman–Crippen MR) is 82.3 cm³/mol. The van der Waals surface area contributed by atoms with Crippen LogP contribution in [-0.2, 0) is 5.41 Å². The molecule has 98 valence electrons. The van der Waals surface area contributed by atoms with E-state index in [9.17, 15) is 0 Å². The largest absolute Gasteiger partial charge is 0.457 e. The van der Waals surface area contributed by atoms with Gasteiger partial charge >= 0.3 is 0 Å². The number of hydrogen-bond acceptors (Lipinski definition) is 1. The molecule has 0 spiro atoms. The molecule has 0 heterocycles. The van der Waals surface area contributed by atoms with Crippen molar-refractivity contribution in [2.45, 2.75) is 30.5 Å². The first-order chi connectivity index (χ1) is 9.06. The van der Waals surface area contributed by atoms with E-state index in [2.05, 4.69) is 48.0 Å². The number of fused-ring (bicyclic) bond motifs is 1. The van der Waals surface area contributed by atoms with Crippen molar-refractivity contribution >= 4 is 15.9 Å². The molecule has 0 aliphatic heterocycles. The summed E-state index contributed by atoms with van der Waals surface area (Å²) in [5.74, 6) is 1.79. The van der Waals surface area contributed by atoms with Gasteiger partial charge in [0.25, 0.3) is 0 Å². The van der Waals surface area contributed by atoms with E-state index in [-0.39, 0.29) is 5.41 Å². The molecule has 0 radical (unpaired) electrons. The number of alkyl halides is 1. The van der Waals surface area contributed by atoms with E-state index < -0.39 is 0 Å². The predicted octanol–water partition coefficient (Wildman–Crippen LogP) is 5.60. The van der Waals surface area contributed by atoms with Crippen LogP contribution in [0.2, 0.25) is 0 Å². The monoisotopic (exact) mass is 316 g/mol. The number of hydrogen-bond donors (Lipinski definition) is 0. The Kier molecular flexibility index (Phi) is 3.14. The maximum absolute atomic E-state index is 5.90. The molecule has 0 amide bonds. The van der Waals surface area contributed by atoms with Gasteiger partial charge in [0.15, 0.2) is 0 Å². The third-order valence-electron chi connectivity index (χ3n) is 3.76. The number of ether oxygens (including phenoxy) is 1. The first kappa shape index (κ1) is 12.7. The molecule has 1 aliphatic rings. The normalized spacial score (nSPS) is 20.1. The molecule has 1 aliphatic carbocycles. The lowest BCUT2D eigenvalue weighted by Gasteiger charge is -2.18. The van der Waals surface area contributed by atoms with Crippen molar-refractivity contribution in [3.63, 3.8) is 0 Å². The molecule has 0 aromatic heterocycles. The Balaban J connectivity index is 1.93. The van der Waals surface area contributed by atoms with Crippen LogP contribution in [0.25, 0.3) is 0 Å². The smallest absolute Gasteiger partial charge is 0.127 e. The van der Waals surface area contributed by atoms with Gasteiger partial charge in [-0.2, -0.15) is 0 Å². The third kappa shape index (κ3) is 2.42. The van der Waals surface area contributed by atoms with Crippen molar-refractivity contribution < 1.29 is 4.74 Å². The molecule has 0 fully saturated rings. The van der Waals surface area contributed by atoms with Gasteiger partial charge in [-0.05, 0) is 47.2 Å². The number of rotatable bonds is 2. The Morgan fingerprint density at radius 2 is 1.79 bits per heavy atom. The lowest BCUT2D eigenvalue weighted by molar-refractivity contribution is 0.481. The van der Waals surface area contributed by atoms with E-state index in [1.807, 2.05) is 30.3 Å². The standard InChI is InChI=1S/C17H17BrO/c1-17(2)11-16(18)14-10-13(8-9-15(14)17)19-12-6-4-3-5-7-12/h3-10,16H,11H2,1-2H3. The van der Waals surface area contributed by atoms with Gasteiger partial charge in [-0.1, -0.05) is 54.0 Å². The van der Waals surface area contributed by atoms with Gasteiger partial charge in [0.2, 0.25) is 0 Å². The summed E-state index contributed by atoms with van der Waals surface area (Å²) in [5.41, 5.74) is 3.03. The first-order valence-corrected chi connectivity index (χ1v) is 7.49. The fourth-order valence-electron chi connectivity index (χ4n) is 2.77. The Morgan fingerprint density at radius 3 is 2.53 bits per heavy atom. The molecule has 2 aromatic carbocycles. The molecular weight excluding hydrogens is 300 g/mol. The summed E-state index contributed by atoms with van der Waals surface area (Å²) >= 11 is 3.78. The Bertz CT molecular complexity index is 589. The van der Waals surface area contributed by atoms with Gasteiger partial charge in [0.1, 0.15) is 11.5 Å². The van der Waals surface area contributed by atoms with Crippen molar-refractivity contribution in [2.75, 3.05) is 0 Å². The maximum atomic E-state index is 5.90. The molecule has 2 aromatic rings. The zero-order valence-electron chi connectivity index (χ0n) is 11.2. The minimum atomic E-state index is 0.245. The average Bonchev–Trinajstić information content (AvgIpc) is 2.61. The van der Waals surface area contributed by atoms with E-state index in [0.29, 0.717) is 4.83 Å². The van der Waals surface area contributed by atoms with Crippen LogP contribution in [0, 0.1) is 0 Å². The fraction of sp³-hybridized carbons (Fsp3) is 0.294. The number of para-hydroxylation sites is 1. The molecule has 1 nitrogen and oxygen atoms in total. The summed E-state index contributed by atoms with van der Waals surface area (Å²) in [4.78, 5) is 0.428. The lowest BCUT2D eigenvalue weighted by atomic mass is 9.87. The summed E-state index contributed by atoms with van der Waals surface area (Å²) in [5, 5.41) is 0. The van der Waals surface area contributed by atoms with Crippen LogP contribution >= 0.6 is 15.9 Å². The van der Waals surface area contributed by atoms with Gasteiger partial charge in [-0.3, -0.25) is 0 Å². The van der Waals surface area contributed by atoms with Gasteiger partial charge in [-0.15, -0.1) is 0 Å². The minimum absolute atomic E-state index is 0.245. The highest BCUT2D eigenvalue weighted by Crippen LogP contribution is 2.49. The van der Waals surface area contributed by atoms with Gasteiger partial charge < -0.3 is 4.74 Å². The van der Waals surface area contributed by atoms with E-state index >= 15 is 0 Å². The average molecular weight is 317 g/mol. The molecule has 0 saturated carbocycles. The van der Waals surface area contributed by atoms with Gasteiger partial charge in [0, 0.05) is 4.83 Å². The molecule has 2 heteroatoms. The minimum Gasteiger partial charge on any atom is -0.457 e. The third-order valence-corrected chi connectivity index (χ3v) is 4.58. The molecule has 0 saturated heterocycles. The molecule has 19 heavy (non-hydrogen) atoms. The molecule has 0 bridgehead atoms. The number of benzene rings is 2. The summed E-state index contributed by atoms with van der Waals surface area (Å²) in [7, 11) is 0. The van der Waals surface area contributed by atoms with Crippen molar-refractivity contribution in [1.82, 2.24) is 0 Å². The summed E-state index contributed by atoms with van der Waals surface area (Å²) in [6, 6.07) is 16.3. The lowest BCUT2D eigenvalue weighted by Crippen LogP contribution is -2.11. The van der Waals surface area contributed by atoms with Crippen LogP contribution in [-0.4, -0.2) is 0 Å². The summed E-state index contributed by atoms with van der Waals surface area (Å²) in [6.45, 7) is 4.59. The van der Waals surface area contributed by atoms with E-state index in [0.717, 1.165) is 17.9 Å². The highest BCUT2D eigenvalue weighted by atomic mass is 79.9. The number of halogens is 1. The van der Waals surface area contributed by atoms with E-state index in [4.69, 9.17) is 4.74 Å². The van der Waals surface area contributed by atoms with Crippen LogP contribution in [0.3, 0.4) is 0 Å². The molecule has 1 unspecified atom stereocenters. The van der Waals surface area contributed by atoms with Crippen molar-refractivity contribution in [3.8, 4) is 11.5 Å². The first-order valence-electron chi connectivity index (χ1n) is 6.58. The van der Waals surface area contributed by atoms with Crippen LogP contribution in [0.4, 0.5) is 0 Å². The topological polar surface area (TPSA) is 9.23 Å². The highest BCUT2D eigenvalue weighted by molar-refractivity contribution is 9.09. The second kappa shape index (κ2) is 4.68. The highest BCUT2D eigenvalue weighted by Gasteiger charge is 2.35. The van der Waals surface area contributed by atoms with Crippen LogP contribution in [0.1, 0.15) is 36.2 Å². The van der Waals surface area contributed by atoms with Gasteiger partial charge in [0.05, 0.1) is 0 Å². The van der Waals surface area contributed by atoms with Crippen molar-refractivity contribution in [2.24, 2.45) is 0 Å². The summed E-state index contributed by atoms with van der Waals surface area (Å²) < 4.78 is 5.90. The summed E-state index contributed by atoms with van der Waals surface area (Å²) in [6.07, 6.45) is 1.14. The molecule has 1 atom stereocenters. The van der Waals surface area contributed by atoms with Crippen LogP contribution < -0.4 is 4.74 Å². The van der Waals surface area contributed by atoms with Crippen molar-refractivity contribution in [3.05, 3.63) is 59.7 Å². The van der Waals surface area contributed by atoms with Crippen LogP contribution in [0.15, 0.2) is 48.5 Å². The molecule has 0 N–H and O–H groups in total. The molecule has 3 rings (SSSR count). The second-order valence-electron chi connectivity index (χ2n) is 5.72. The maximum Gasteiger partial charge on any atom is 0.127 e. The zero-order chi connectivity index (χ0) is 13.5. The van der Waals surface area contributed by atoms with E-state index in [1.165, 1.54) is 11.1 Å². The Labute approximate surface area is 122 Å². The zero-order valence-corrected chi connectivity index (χ0v) is 12.8. The SMILES string of the molecule is CC1(C)CC(Br)c2cc(Oc3ccccc3)ccc21. The second-order valence-corrected chi connectivity index (χ2v) is 6.83. The Morgan fingerprint density at radius 1 is 1.05 bits per heavy atom. The Hall–Kier alpha value is -1.28.